The normalized spacial score (nSPS) is 21.8. The van der Waals surface area contributed by atoms with Gasteiger partial charge in [0.25, 0.3) is 0 Å². The molecule has 1 aromatic heterocycles. The van der Waals surface area contributed by atoms with Gasteiger partial charge < -0.3 is 10.6 Å². The molecule has 0 spiro atoms. The van der Waals surface area contributed by atoms with E-state index in [1.54, 1.807) is 12.3 Å². The average Bonchev–Trinajstić information content (AvgIpc) is 3.24. The summed E-state index contributed by atoms with van der Waals surface area (Å²) in [7, 11) is 2.07. The zero-order chi connectivity index (χ0) is 16.9. The quantitative estimate of drug-likeness (QED) is 0.863. The van der Waals surface area contributed by atoms with Crippen molar-refractivity contribution in [2.75, 3.05) is 25.9 Å². The van der Waals surface area contributed by atoms with Crippen molar-refractivity contribution in [1.82, 2.24) is 19.8 Å². The number of likely N-dealkylation sites (N-methyl/N-ethyl adjacent to an activating group) is 1. The summed E-state index contributed by atoms with van der Waals surface area (Å²) in [6.07, 6.45) is 9.85. The summed E-state index contributed by atoms with van der Waals surface area (Å²) in [4.78, 5) is 25.2. The first-order chi connectivity index (χ1) is 11.6. The maximum absolute atomic E-state index is 12.4. The van der Waals surface area contributed by atoms with Crippen LogP contribution in [0.4, 0.5) is 5.82 Å². The molecule has 2 aliphatic rings. The number of aromatic nitrogens is 2. The molecule has 0 bridgehead atoms. The van der Waals surface area contributed by atoms with Gasteiger partial charge in [0, 0.05) is 31.7 Å². The average molecular weight is 331 g/mol. The van der Waals surface area contributed by atoms with Crippen LogP contribution in [0.1, 0.15) is 50.8 Å². The second-order valence-electron chi connectivity index (χ2n) is 7.28. The minimum Gasteiger partial charge on any atom is -0.384 e. The van der Waals surface area contributed by atoms with Crippen molar-refractivity contribution in [3.8, 4) is 0 Å². The predicted octanol–water partition coefficient (Wildman–Crippen LogP) is 2.06. The second kappa shape index (κ2) is 7.92. The van der Waals surface area contributed by atoms with Gasteiger partial charge in [0.05, 0.1) is 6.54 Å². The number of nitrogens with zero attached hydrogens (tertiary/aromatic N) is 4. The molecule has 1 aromatic rings. The van der Waals surface area contributed by atoms with Crippen LogP contribution in [0.3, 0.4) is 0 Å². The molecule has 2 heterocycles. The van der Waals surface area contributed by atoms with E-state index in [4.69, 9.17) is 5.73 Å². The van der Waals surface area contributed by atoms with E-state index in [1.807, 2.05) is 4.90 Å². The molecule has 6 heteroatoms. The maximum Gasteiger partial charge on any atom is 0.222 e. The molecule has 2 N–H and O–H groups in total. The fourth-order valence-electron chi connectivity index (χ4n) is 3.96. The van der Waals surface area contributed by atoms with E-state index in [1.165, 1.54) is 25.7 Å². The smallest absolute Gasteiger partial charge is 0.222 e. The molecule has 1 aliphatic heterocycles. The van der Waals surface area contributed by atoms with Crippen LogP contribution < -0.4 is 5.73 Å². The molecule has 6 nitrogen and oxygen atoms in total. The number of anilines is 1. The van der Waals surface area contributed by atoms with Crippen molar-refractivity contribution in [3.63, 3.8) is 0 Å². The minimum absolute atomic E-state index is 0.331. The van der Waals surface area contributed by atoms with Gasteiger partial charge in [-0.2, -0.15) is 0 Å². The number of hydrogen-bond acceptors (Lipinski definition) is 5. The molecule has 0 unspecified atom stereocenters. The summed E-state index contributed by atoms with van der Waals surface area (Å²) >= 11 is 0. The van der Waals surface area contributed by atoms with E-state index < -0.39 is 0 Å². The lowest BCUT2D eigenvalue weighted by molar-refractivity contribution is -0.130. The van der Waals surface area contributed by atoms with Gasteiger partial charge in [-0.15, -0.1) is 0 Å². The molecule has 0 aromatic carbocycles. The van der Waals surface area contributed by atoms with Gasteiger partial charge in [-0.25, -0.2) is 9.97 Å². The van der Waals surface area contributed by atoms with Gasteiger partial charge in [0.15, 0.2) is 0 Å². The molecule has 132 valence electrons. The number of hydrogen-bond donors (Lipinski definition) is 1. The lowest BCUT2D eigenvalue weighted by atomic mass is 10.0. The fraction of sp³-hybridized carbons (Fsp3) is 0.722. The molecule has 3 rings (SSSR count). The molecule has 1 atom stereocenters. The second-order valence-corrected chi connectivity index (χ2v) is 7.28. The van der Waals surface area contributed by atoms with Gasteiger partial charge >= 0.3 is 0 Å². The van der Waals surface area contributed by atoms with Crippen LogP contribution in [-0.2, 0) is 11.3 Å². The van der Waals surface area contributed by atoms with Gasteiger partial charge in [-0.1, -0.05) is 25.7 Å². The van der Waals surface area contributed by atoms with Crippen molar-refractivity contribution >= 4 is 11.7 Å². The number of nitrogens with two attached hydrogens (primary N) is 1. The maximum atomic E-state index is 12.4. The Morgan fingerprint density at radius 3 is 2.92 bits per heavy atom. The zero-order valence-corrected chi connectivity index (χ0v) is 14.7. The van der Waals surface area contributed by atoms with E-state index in [0.717, 1.165) is 44.1 Å². The SMILES string of the molecule is CN(Cc1nccc(N)n1)[C@@H]1CCN(C(=O)CCC2CCCC2)C1. The van der Waals surface area contributed by atoms with Gasteiger partial charge in [0.1, 0.15) is 11.6 Å². The van der Waals surface area contributed by atoms with Gasteiger partial charge in [-0.05, 0) is 31.9 Å². The molecule has 0 radical (unpaired) electrons. The minimum atomic E-state index is 0.331. The standard InChI is InChI=1S/C18H29N5O/c1-22(13-17-20-10-8-16(19)21-17)15-9-11-23(12-15)18(24)7-6-14-4-2-3-5-14/h8,10,14-15H,2-7,9,11-13H2,1H3,(H2,19,20,21)/t15-/m1/s1. The molecule has 24 heavy (non-hydrogen) atoms. The Morgan fingerprint density at radius 2 is 2.17 bits per heavy atom. The number of carbonyl (C=O) groups excluding carboxylic acids is 1. The van der Waals surface area contributed by atoms with Crippen LogP contribution in [0.25, 0.3) is 0 Å². The van der Waals surface area contributed by atoms with Crippen molar-refractivity contribution in [2.45, 2.75) is 57.5 Å². The molecule has 1 aliphatic carbocycles. The highest BCUT2D eigenvalue weighted by molar-refractivity contribution is 5.76. The Hall–Kier alpha value is -1.69. The van der Waals surface area contributed by atoms with Crippen molar-refractivity contribution in [2.24, 2.45) is 5.92 Å². The summed E-state index contributed by atoms with van der Waals surface area (Å²) in [5.41, 5.74) is 5.71. The Bertz CT molecular complexity index is 558. The number of likely N-dealkylation sites (tertiary alicyclic amines) is 1. The van der Waals surface area contributed by atoms with Crippen LogP contribution >= 0.6 is 0 Å². The third-order valence-corrected chi connectivity index (χ3v) is 5.50. The molecular weight excluding hydrogens is 302 g/mol. The number of rotatable bonds is 6. The van der Waals surface area contributed by atoms with Crippen LogP contribution in [-0.4, -0.2) is 51.9 Å². The summed E-state index contributed by atoms with van der Waals surface area (Å²) in [6, 6.07) is 2.08. The van der Waals surface area contributed by atoms with Crippen molar-refractivity contribution in [3.05, 3.63) is 18.1 Å². The van der Waals surface area contributed by atoms with Crippen molar-refractivity contribution < 1.29 is 4.79 Å². The summed E-state index contributed by atoms with van der Waals surface area (Å²) in [6.45, 7) is 2.36. The van der Waals surface area contributed by atoms with Crippen LogP contribution in [0, 0.1) is 5.92 Å². The Balaban J connectivity index is 1.44. The first kappa shape index (κ1) is 17.1. The van der Waals surface area contributed by atoms with E-state index in [2.05, 4.69) is 21.9 Å². The highest BCUT2D eigenvalue weighted by Crippen LogP contribution is 2.29. The topological polar surface area (TPSA) is 75.4 Å². The summed E-state index contributed by atoms with van der Waals surface area (Å²) in [5.74, 6) is 2.36. The summed E-state index contributed by atoms with van der Waals surface area (Å²) < 4.78 is 0. The zero-order valence-electron chi connectivity index (χ0n) is 14.7. The fourth-order valence-corrected chi connectivity index (χ4v) is 3.96. The highest BCUT2D eigenvalue weighted by Gasteiger charge is 2.29. The number of nitrogen functional groups attached to an aromatic ring is 1. The summed E-state index contributed by atoms with van der Waals surface area (Å²) in [5, 5.41) is 0. The number of amides is 1. The Kier molecular flexibility index (Phi) is 5.66. The van der Waals surface area contributed by atoms with Crippen LogP contribution in [0.5, 0.6) is 0 Å². The predicted molar refractivity (Wildman–Crippen MR) is 94.1 cm³/mol. The third kappa shape index (κ3) is 4.44. The van der Waals surface area contributed by atoms with Crippen LogP contribution in [0.2, 0.25) is 0 Å². The third-order valence-electron chi connectivity index (χ3n) is 5.50. The van der Waals surface area contributed by atoms with Gasteiger partial charge in [0.2, 0.25) is 5.91 Å². The Labute approximate surface area is 144 Å². The van der Waals surface area contributed by atoms with E-state index >= 15 is 0 Å². The van der Waals surface area contributed by atoms with Crippen molar-refractivity contribution in [1.29, 1.82) is 0 Å². The highest BCUT2D eigenvalue weighted by atomic mass is 16.2. The largest absolute Gasteiger partial charge is 0.384 e. The molecular formula is C18H29N5O. The van der Waals surface area contributed by atoms with E-state index in [0.29, 0.717) is 24.3 Å². The monoisotopic (exact) mass is 331 g/mol. The van der Waals surface area contributed by atoms with Crippen LogP contribution in [0.15, 0.2) is 12.3 Å². The molecule has 1 saturated heterocycles. The lowest BCUT2D eigenvalue weighted by Crippen LogP contribution is -2.36. The van der Waals surface area contributed by atoms with E-state index in [-0.39, 0.29) is 0 Å². The molecule has 2 fully saturated rings. The van der Waals surface area contributed by atoms with Gasteiger partial charge in [-0.3, -0.25) is 9.69 Å². The number of carbonyl (C=O) groups is 1. The Morgan fingerprint density at radius 1 is 1.38 bits per heavy atom. The molecule has 1 amide bonds. The van der Waals surface area contributed by atoms with E-state index in [9.17, 15) is 4.79 Å². The first-order valence-corrected chi connectivity index (χ1v) is 9.17. The molecule has 1 saturated carbocycles. The first-order valence-electron chi connectivity index (χ1n) is 9.17. The lowest BCUT2D eigenvalue weighted by Gasteiger charge is -2.24.